The Bertz CT molecular complexity index is 1400. The van der Waals surface area contributed by atoms with Gasteiger partial charge in [-0.05, 0) is 52.7 Å². The minimum atomic E-state index is -0.786. The van der Waals surface area contributed by atoms with Gasteiger partial charge in [-0.15, -0.1) is 0 Å². The minimum Gasteiger partial charge on any atom is -0.339 e. The SMILES string of the molecule is Cc1cc(C#N)cc(C(=O)NC2CN(C)NC2=O)c1NC(=O)c1cc(Br)nn1-c1ncccc1Cl. The summed E-state index contributed by atoms with van der Waals surface area (Å²) in [5, 5.41) is 20.9. The second-order valence-corrected chi connectivity index (χ2v) is 8.96. The van der Waals surface area contributed by atoms with E-state index in [1.807, 2.05) is 6.07 Å². The Hall–Kier alpha value is -3.79. The summed E-state index contributed by atoms with van der Waals surface area (Å²) in [4.78, 5) is 42.7. The van der Waals surface area contributed by atoms with Gasteiger partial charge in [0.1, 0.15) is 16.3 Å². The van der Waals surface area contributed by atoms with Crippen molar-refractivity contribution in [1.82, 2.24) is 30.5 Å². The largest absolute Gasteiger partial charge is 0.339 e. The molecule has 1 saturated heterocycles. The maximum Gasteiger partial charge on any atom is 0.274 e. The number of nitriles is 1. The van der Waals surface area contributed by atoms with Crippen LogP contribution in [0.5, 0.6) is 0 Å². The van der Waals surface area contributed by atoms with E-state index in [4.69, 9.17) is 11.6 Å². The molecule has 0 radical (unpaired) electrons. The third kappa shape index (κ3) is 5.02. The quantitative estimate of drug-likeness (QED) is 0.436. The number of benzene rings is 1. The number of pyridine rings is 1. The number of aryl methyl sites for hydroxylation is 1. The molecule has 0 saturated carbocycles. The zero-order valence-electron chi connectivity index (χ0n) is 18.5. The van der Waals surface area contributed by atoms with E-state index in [-0.39, 0.29) is 45.8 Å². The molecule has 0 spiro atoms. The van der Waals surface area contributed by atoms with Crippen molar-refractivity contribution in [1.29, 1.82) is 5.26 Å². The van der Waals surface area contributed by atoms with E-state index in [1.54, 1.807) is 37.2 Å². The van der Waals surface area contributed by atoms with Crippen molar-refractivity contribution >= 4 is 50.9 Å². The zero-order chi connectivity index (χ0) is 25.3. The fraction of sp³-hybridized carbons (Fsp3) is 0.182. The second kappa shape index (κ2) is 9.83. The maximum atomic E-state index is 13.3. The number of nitrogens with one attached hydrogen (secondary N) is 3. The van der Waals surface area contributed by atoms with Crippen LogP contribution < -0.4 is 16.1 Å². The molecular weight excluding hydrogens is 540 g/mol. The molecule has 13 heteroatoms. The first-order valence-electron chi connectivity index (χ1n) is 10.2. The summed E-state index contributed by atoms with van der Waals surface area (Å²) in [5.74, 6) is -1.32. The van der Waals surface area contributed by atoms with Crippen molar-refractivity contribution in [2.24, 2.45) is 0 Å². The molecule has 35 heavy (non-hydrogen) atoms. The summed E-state index contributed by atoms with van der Waals surface area (Å²) < 4.78 is 1.65. The Balaban J connectivity index is 1.69. The van der Waals surface area contributed by atoms with Gasteiger partial charge in [-0.1, -0.05) is 11.6 Å². The predicted octanol–water partition coefficient (Wildman–Crippen LogP) is 2.19. The fourth-order valence-corrected chi connectivity index (χ4v) is 4.18. The Morgan fingerprint density at radius 1 is 1.31 bits per heavy atom. The third-order valence-electron chi connectivity index (χ3n) is 5.18. The highest BCUT2D eigenvalue weighted by Gasteiger charge is 2.31. The van der Waals surface area contributed by atoms with Gasteiger partial charge in [0.05, 0.1) is 27.9 Å². The summed E-state index contributed by atoms with van der Waals surface area (Å²) >= 11 is 9.51. The van der Waals surface area contributed by atoms with Crippen molar-refractivity contribution in [3.05, 3.63) is 68.5 Å². The lowest BCUT2D eigenvalue weighted by atomic mass is 10.0. The number of anilines is 1. The highest BCUT2D eigenvalue weighted by molar-refractivity contribution is 9.10. The fourth-order valence-electron chi connectivity index (χ4n) is 3.60. The van der Waals surface area contributed by atoms with E-state index in [1.165, 1.54) is 23.0 Å². The summed E-state index contributed by atoms with van der Waals surface area (Å²) in [6.45, 7) is 1.92. The first-order chi connectivity index (χ1) is 16.7. The van der Waals surface area contributed by atoms with Crippen molar-refractivity contribution in [2.45, 2.75) is 13.0 Å². The highest BCUT2D eigenvalue weighted by atomic mass is 79.9. The van der Waals surface area contributed by atoms with Crippen LogP contribution in [0.15, 0.2) is 41.1 Å². The number of hydrazine groups is 1. The van der Waals surface area contributed by atoms with Gasteiger partial charge in [0.2, 0.25) is 0 Å². The van der Waals surface area contributed by atoms with Crippen LogP contribution in [-0.4, -0.2) is 57.1 Å². The molecule has 178 valence electrons. The molecule has 2 aromatic heterocycles. The number of hydrogen-bond acceptors (Lipinski definition) is 7. The molecule has 3 N–H and O–H groups in total. The van der Waals surface area contributed by atoms with Crippen LogP contribution in [0.4, 0.5) is 5.69 Å². The lowest BCUT2D eigenvalue weighted by Crippen LogP contribution is -2.42. The summed E-state index contributed by atoms with van der Waals surface area (Å²) in [7, 11) is 1.67. The third-order valence-corrected chi connectivity index (χ3v) is 5.86. The van der Waals surface area contributed by atoms with Crippen LogP contribution in [0, 0.1) is 18.3 Å². The molecule has 3 amide bonds. The second-order valence-electron chi connectivity index (χ2n) is 7.74. The normalized spacial score (nSPS) is 15.4. The van der Waals surface area contributed by atoms with Crippen LogP contribution in [0.3, 0.4) is 0 Å². The predicted molar refractivity (Wildman–Crippen MR) is 130 cm³/mol. The van der Waals surface area contributed by atoms with Gasteiger partial charge in [0.15, 0.2) is 5.82 Å². The molecule has 4 rings (SSSR count). The molecular formula is C22H18BrClN8O3. The number of hydrogen-bond donors (Lipinski definition) is 3. The lowest BCUT2D eigenvalue weighted by Gasteiger charge is -2.16. The molecule has 3 heterocycles. The van der Waals surface area contributed by atoms with Crippen LogP contribution in [0.1, 0.15) is 32.0 Å². The van der Waals surface area contributed by atoms with Crippen LogP contribution >= 0.6 is 27.5 Å². The molecule has 1 aliphatic heterocycles. The van der Waals surface area contributed by atoms with Gasteiger partial charge in [0, 0.05) is 25.9 Å². The van der Waals surface area contributed by atoms with Crippen LogP contribution in [0.25, 0.3) is 5.82 Å². The van der Waals surface area contributed by atoms with Crippen LogP contribution in [-0.2, 0) is 4.79 Å². The molecule has 0 bridgehead atoms. The van der Waals surface area contributed by atoms with Crippen molar-refractivity contribution in [3.8, 4) is 11.9 Å². The lowest BCUT2D eigenvalue weighted by molar-refractivity contribution is -0.122. The molecule has 1 unspecified atom stereocenters. The molecule has 11 nitrogen and oxygen atoms in total. The number of carbonyl (C=O) groups excluding carboxylic acids is 3. The first kappa shape index (κ1) is 24.3. The summed E-state index contributed by atoms with van der Waals surface area (Å²) in [5.41, 5.74) is 3.62. The average Bonchev–Trinajstić information content (AvgIpc) is 3.35. The van der Waals surface area contributed by atoms with Gasteiger partial charge in [-0.3, -0.25) is 19.8 Å². The number of amides is 3. The van der Waals surface area contributed by atoms with Crippen molar-refractivity contribution in [3.63, 3.8) is 0 Å². The first-order valence-corrected chi connectivity index (χ1v) is 11.4. The Morgan fingerprint density at radius 2 is 2.09 bits per heavy atom. The van der Waals surface area contributed by atoms with E-state index in [9.17, 15) is 19.6 Å². The van der Waals surface area contributed by atoms with Gasteiger partial charge < -0.3 is 10.6 Å². The van der Waals surface area contributed by atoms with Gasteiger partial charge >= 0.3 is 0 Å². The van der Waals surface area contributed by atoms with E-state index in [0.29, 0.717) is 10.2 Å². The zero-order valence-corrected chi connectivity index (χ0v) is 20.8. The van der Waals surface area contributed by atoms with E-state index < -0.39 is 17.9 Å². The van der Waals surface area contributed by atoms with Crippen molar-refractivity contribution in [2.75, 3.05) is 18.9 Å². The molecule has 1 atom stereocenters. The number of aromatic nitrogens is 3. The maximum absolute atomic E-state index is 13.3. The molecule has 3 aromatic rings. The standard InChI is InChI=1S/C22H18BrClN8O3/c1-11-6-12(9-25)7-13(20(33)27-15-10-31(2)30-21(15)34)18(11)28-22(35)16-8-17(23)29-32(16)19-14(24)4-3-5-26-19/h3-8,15H,10H2,1-2H3,(H,27,33)(H,28,35)(H,30,34). The molecule has 1 aliphatic rings. The monoisotopic (exact) mass is 556 g/mol. The minimum absolute atomic E-state index is 0.0400. The van der Waals surface area contributed by atoms with E-state index in [0.717, 1.165) is 0 Å². The number of likely N-dealkylation sites (N-methyl/N-ethyl adjacent to an activating group) is 1. The Kier molecular flexibility index (Phi) is 6.83. The number of halogens is 2. The van der Waals surface area contributed by atoms with Gasteiger partial charge in [-0.2, -0.15) is 10.4 Å². The number of carbonyl (C=O) groups is 3. The van der Waals surface area contributed by atoms with Gasteiger partial charge in [-0.25, -0.2) is 14.7 Å². The van der Waals surface area contributed by atoms with E-state index >= 15 is 0 Å². The Morgan fingerprint density at radius 3 is 2.74 bits per heavy atom. The number of nitrogens with zero attached hydrogens (tertiary/aromatic N) is 5. The topological polar surface area (TPSA) is 145 Å². The summed E-state index contributed by atoms with van der Waals surface area (Å²) in [6, 6.07) is 8.87. The average molecular weight is 558 g/mol. The smallest absolute Gasteiger partial charge is 0.274 e. The number of rotatable bonds is 5. The van der Waals surface area contributed by atoms with Gasteiger partial charge in [0.25, 0.3) is 17.7 Å². The van der Waals surface area contributed by atoms with E-state index in [2.05, 4.69) is 42.1 Å². The van der Waals surface area contributed by atoms with Crippen LogP contribution in [0.2, 0.25) is 5.02 Å². The van der Waals surface area contributed by atoms with Crippen molar-refractivity contribution < 1.29 is 14.4 Å². The Labute approximate surface area is 213 Å². The molecule has 0 aliphatic carbocycles. The summed E-state index contributed by atoms with van der Waals surface area (Å²) in [6.07, 6.45) is 1.52. The molecule has 1 aromatic carbocycles. The molecule has 1 fully saturated rings. The highest BCUT2D eigenvalue weighted by Crippen LogP contribution is 2.26.